The molecule has 1 aromatic heterocycles. The number of thiophene rings is 1. The van der Waals surface area contributed by atoms with Crippen molar-refractivity contribution < 1.29 is 0 Å². The van der Waals surface area contributed by atoms with Crippen LogP contribution in [0.1, 0.15) is 0 Å². The van der Waals surface area contributed by atoms with Crippen LogP contribution in [0.25, 0.3) is 85.5 Å². The van der Waals surface area contributed by atoms with Gasteiger partial charge in [0.15, 0.2) is 0 Å². The molecule has 0 aliphatic heterocycles. The molecule has 0 saturated heterocycles. The van der Waals surface area contributed by atoms with E-state index in [2.05, 4.69) is 205 Å². The zero-order chi connectivity index (χ0) is 35.6. The molecule has 0 spiro atoms. The molecule has 0 aliphatic carbocycles. The summed E-state index contributed by atoms with van der Waals surface area (Å²) in [6, 6.07) is 73.5. The van der Waals surface area contributed by atoms with Crippen LogP contribution in [0.4, 0.5) is 17.1 Å². The van der Waals surface area contributed by atoms with Crippen molar-refractivity contribution in [2.24, 2.45) is 0 Å². The maximum Gasteiger partial charge on any atom is 0.0554 e. The van der Waals surface area contributed by atoms with Gasteiger partial charge in [0.2, 0.25) is 0 Å². The largest absolute Gasteiger partial charge is 0.310 e. The van der Waals surface area contributed by atoms with Gasteiger partial charge >= 0.3 is 0 Å². The summed E-state index contributed by atoms with van der Waals surface area (Å²) in [6.45, 7) is 0. The van der Waals surface area contributed by atoms with Gasteiger partial charge in [-0.2, -0.15) is 0 Å². The Hall–Kier alpha value is -6.74. The van der Waals surface area contributed by atoms with Gasteiger partial charge in [-0.3, -0.25) is 0 Å². The van der Waals surface area contributed by atoms with E-state index >= 15 is 0 Å². The lowest BCUT2D eigenvalue weighted by molar-refractivity contribution is 1.30. The van der Waals surface area contributed by atoms with Gasteiger partial charge in [0.05, 0.1) is 5.69 Å². The molecular weight excluding hydrogens is 671 g/mol. The van der Waals surface area contributed by atoms with E-state index in [0.29, 0.717) is 0 Å². The van der Waals surface area contributed by atoms with E-state index in [1.54, 1.807) is 0 Å². The first-order chi connectivity index (χ1) is 26.8. The molecule has 0 radical (unpaired) electrons. The molecule has 0 unspecified atom stereocenters. The number of anilines is 3. The summed E-state index contributed by atoms with van der Waals surface area (Å²) >= 11 is 1.86. The molecule has 1 heterocycles. The van der Waals surface area contributed by atoms with Crippen LogP contribution in [-0.2, 0) is 0 Å². The third-order valence-electron chi connectivity index (χ3n) is 11.0. The first kappa shape index (κ1) is 30.8. The third kappa shape index (κ3) is 4.99. The Morgan fingerprint density at radius 1 is 0.296 bits per heavy atom. The van der Waals surface area contributed by atoms with Crippen molar-refractivity contribution in [3.05, 3.63) is 200 Å². The van der Waals surface area contributed by atoms with Gasteiger partial charge in [0.25, 0.3) is 0 Å². The van der Waals surface area contributed by atoms with Crippen LogP contribution < -0.4 is 4.90 Å². The van der Waals surface area contributed by atoms with Crippen LogP contribution >= 0.6 is 11.3 Å². The molecule has 11 aromatic rings. The summed E-state index contributed by atoms with van der Waals surface area (Å²) in [7, 11) is 0. The highest BCUT2D eigenvalue weighted by molar-refractivity contribution is 7.26. The highest BCUT2D eigenvalue weighted by atomic mass is 32.1. The van der Waals surface area contributed by atoms with Crippen molar-refractivity contribution in [1.29, 1.82) is 0 Å². The average Bonchev–Trinajstić information content (AvgIpc) is 3.63. The van der Waals surface area contributed by atoms with Gasteiger partial charge in [-0.05, 0) is 120 Å². The summed E-state index contributed by atoms with van der Waals surface area (Å²) in [5, 5.41) is 12.8. The molecule has 1 nitrogen and oxygen atoms in total. The van der Waals surface area contributed by atoms with Crippen LogP contribution in [0.3, 0.4) is 0 Å². The summed E-state index contributed by atoms with van der Waals surface area (Å²) in [4.78, 5) is 2.44. The van der Waals surface area contributed by atoms with E-state index in [-0.39, 0.29) is 0 Å². The fourth-order valence-electron chi connectivity index (χ4n) is 8.45. The van der Waals surface area contributed by atoms with Crippen molar-refractivity contribution >= 4 is 91.7 Å². The molecule has 252 valence electrons. The van der Waals surface area contributed by atoms with E-state index in [1.807, 2.05) is 11.3 Å². The molecule has 11 rings (SSSR count). The lowest BCUT2D eigenvalue weighted by Gasteiger charge is -2.27. The van der Waals surface area contributed by atoms with Crippen LogP contribution in [-0.4, -0.2) is 0 Å². The number of nitrogens with zero attached hydrogens (tertiary/aromatic N) is 1. The number of fused-ring (bicyclic) bond motifs is 10. The Kier molecular flexibility index (Phi) is 7.11. The van der Waals surface area contributed by atoms with E-state index in [1.165, 1.54) is 91.2 Å². The van der Waals surface area contributed by atoms with E-state index in [4.69, 9.17) is 0 Å². The van der Waals surface area contributed by atoms with Crippen LogP contribution in [0, 0.1) is 0 Å². The normalized spacial score (nSPS) is 11.7. The highest BCUT2D eigenvalue weighted by Gasteiger charge is 2.19. The van der Waals surface area contributed by atoms with Gasteiger partial charge in [0.1, 0.15) is 0 Å². The summed E-state index contributed by atoms with van der Waals surface area (Å²) < 4.78 is 2.59. The minimum absolute atomic E-state index is 1.12. The smallest absolute Gasteiger partial charge is 0.0554 e. The Balaban J connectivity index is 1.07. The van der Waals surface area contributed by atoms with Crippen molar-refractivity contribution in [3.63, 3.8) is 0 Å². The zero-order valence-electron chi connectivity index (χ0n) is 29.4. The van der Waals surface area contributed by atoms with Crippen molar-refractivity contribution in [2.75, 3.05) is 4.90 Å². The lowest BCUT2D eigenvalue weighted by atomic mass is 9.92. The molecule has 0 N–H and O–H groups in total. The predicted molar refractivity (Wildman–Crippen MR) is 235 cm³/mol. The van der Waals surface area contributed by atoms with Crippen molar-refractivity contribution in [2.45, 2.75) is 0 Å². The molecule has 0 atom stereocenters. The quantitative estimate of drug-likeness (QED) is 0.161. The second-order valence-corrected chi connectivity index (χ2v) is 15.2. The fourth-order valence-corrected chi connectivity index (χ4v) is 9.58. The number of rotatable bonds is 5. The molecule has 0 bridgehead atoms. The monoisotopic (exact) mass is 703 g/mol. The van der Waals surface area contributed by atoms with Crippen LogP contribution in [0.2, 0.25) is 0 Å². The average molecular weight is 704 g/mol. The van der Waals surface area contributed by atoms with E-state index < -0.39 is 0 Å². The van der Waals surface area contributed by atoms with Gasteiger partial charge in [-0.15, -0.1) is 11.3 Å². The van der Waals surface area contributed by atoms with Crippen molar-refractivity contribution in [3.8, 4) is 22.3 Å². The molecule has 2 heteroatoms. The topological polar surface area (TPSA) is 3.24 Å². The van der Waals surface area contributed by atoms with Gasteiger partial charge < -0.3 is 4.90 Å². The second kappa shape index (κ2) is 12.4. The maximum atomic E-state index is 2.44. The number of hydrogen-bond donors (Lipinski definition) is 0. The summed E-state index contributed by atoms with van der Waals surface area (Å²) in [6.07, 6.45) is 0. The van der Waals surface area contributed by atoms with Gasteiger partial charge in [0, 0.05) is 31.5 Å². The SMILES string of the molecule is c1cc(-c2ccc3ccccc3c2)cc(N(c2ccc(-c3ccc4c5ccccc5c5ccccc5c4c3)cc2)c2cccc3sc4ccccc4c23)c1. The minimum atomic E-state index is 1.12. The number of hydrogen-bond acceptors (Lipinski definition) is 2. The predicted octanol–water partition coefficient (Wildman–Crippen LogP) is 15.5. The highest BCUT2D eigenvalue weighted by Crippen LogP contribution is 2.46. The second-order valence-electron chi connectivity index (χ2n) is 14.1. The Morgan fingerprint density at radius 2 is 0.852 bits per heavy atom. The van der Waals surface area contributed by atoms with Crippen molar-refractivity contribution in [1.82, 2.24) is 0 Å². The van der Waals surface area contributed by atoms with Crippen LogP contribution in [0.15, 0.2) is 200 Å². The lowest BCUT2D eigenvalue weighted by Crippen LogP contribution is -2.10. The van der Waals surface area contributed by atoms with Gasteiger partial charge in [-0.25, -0.2) is 0 Å². The minimum Gasteiger partial charge on any atom is -0.310 e. The molecule has 10 aromatic carbocycles. The Morgan fingerprint density at radius 3 is 1.63 bits per heavy atom. The summed E-state index contributed by atoms with van der Waals surface area (Å²) in [5.74, 6) is 0. The molecular formula is C52H33NS. The molecule has 0 amide bonds. The fraction of sp³-hybridized carbons (Fsp3) is 0. The Bertz CT molecular complexity index is 3190. The first-order valence-electron chi connectivity index (χ1n) is 18.5. The zero-order valence-corrected chi connectivity index (χ0v) is 30.2. The molecule has 0 aliphatic rings. The maximum absolute atomic E-state index is 2.44. The molecule has 0 saturated carbocycles. The molecule has 54 heavy (non-hydrogen) atoms. The first-order valence-corrected chi connectivity index (χ1v) is 19.3. The van der Waals surface area contributed by atoms with Gasteiger partial charge in [-0.1, -0.05) is 146 Å². The third-order valence-corrected chi connectivity index (χ3v) is 12.1. The summed E-state index contributed by atoms with van der Waals surface area (Å²) in [5.41, 5.74) is 8.24. The van der Waals surface area contributed by atoms with E-state index in [0.717, 1.165) is 11.4 Å². The number of benzene rings is 10. The van der Waals surface area contributed by atoms with E-state index in [9.17, 15) is 0 Å². The standard InChI is InChI=1S/C52H33NS/c1-2-12-36-31-38(24-23-34(36)11-1)37-13-9-14-41(32-37)53(49-20-10-22-51-52(49)47-19-7-8-21-50(47)54-51)40-28-25-35(26-29-40)39-27-30-46-44-17-4-3-15-42(44)43-16-5-6-18-45(43)48(46)33-39/h1-33H. The Labute approximate surface area is 317 Å². The van der Waals surface area contributed by atoms with Crippen LogP contribution in [0.5, 0.6) is 0 Å². The molecule has 0 fully saturated rings.